The minimum absolute atomic E-state index is 0.0375. The summed E-state index contributed by atoms with van der Waals surface area (Å²) in [6.45, 7) is 4.59. The molecular weight excluding hydrogens is 438 g/mol. The Morgan fingerprint density at radius 1 is 1.00 bits per heavy atom. The topological polar surface area (TPSA) is 29.5 Å². The second-order valence-electron chi connectivity index (χ2n) is 7.10. The zero-order valence-corrected chi connectivity index (χ0v) is 18.5. The SMILES string of the molecule is CCOc1ccc(/C=C2\C=C(c3ccccc3)N(c3cccc(C)c3)C2=O)cc1Br. The minimum atomic E-state index is -0.0375. The third kappa shape index (κ3) is 4.10. The molecule has 0 saturated carbocycles. The number of carbonyl (C=O) groups is 1. The molecule has 0 aliphatic carbocycles. The summed E-state index contributed by atoms with van der Waals surface area (Å²) >= 11 is 3.55. The predicted molar refractivity (Wildman–Crippen MR) is 126 cm³/mol. The van der Waals surface area contributed by atoms with E-state index in [0.717, 1.165) is 38.3 Å². The zero-order valence-electron chi connectivity index (χ0n) is 16.9. The number of carbonyl (C=O) groups excluding carboxylic acids is 1. The molecule has 0 saturated heterocycles. The lowest BCUT2D eigenvalue weighted by atomic mass is 10.1. The summed E-state index contributed by atoms with van der Waals surface area (Å²) in [7, 11) is 0. The molecule has 1 aliphatic rings. The van der Waals surface area contributed by atoms with Crippen LogP contribution in [0.3, 0.4) is 0 Å². The van der Waals surface area contributed by atoms with Crippen LogP contribution >= 0.6 is 15.9 Å². The summed E-state index contributed by atoms with van der Waals surface area (Å²) < 4.78 is 6.46. The van der Waals surface area contributed by atoms with Gasteiger partial charge in [0, 0.05) is 11.3 Å². The quantitative estimate of drug-likeness (QED) is 0.400. The van der Waals surface area contributed by atoms with Crippen LogP contribution in [-0.4, -0.2) is 12.5 Å². The lowest BCUT2D eigenvalue weighted by molar-refractivity contribution is -0.113. The highest BCUT2D eigenvalue weighted by Crippen LogP contribution is 2.36. The number of nitrogens with zero attached hydrogens (tertiary/aromatic N) is 1. The number of rotatable bonds is 5. The average Bonchev–Trinajstić information content (AvgIpc) is 3.07. The van der Waals surface area contributed by atoms with Gasteiger partial charge < -0.3 is 4.74 Å². The van der Waals surface area contributed by atoms with Crippen LogP contribution in [0.25, 0.3) is 11.8 Å². The van der Waals surface area contributed by atoms with E-state index in [1.165, 1.54) is 0 Å². The molecule has 0 bridgehead atoms. The molecule has 0 aromatic heterocycles. The molecule has 0 radical (unpaired) electrons. The number of hydrogen-bond acceptors (Lipinski definition) is 2. The highest BCUT2D eigenvalue weighted by atomic mass is 79.9. The molecule has 3 aromatic carbocycles. The van der Waals surface area contributed by atoms with Gasteiger partial charge in [-0.3, -0.25) is 9.69 Å². The standard InChI is InChI=1S/C26H22BrNO2/c1-3-30-25-13-12-19(16-23(25)27)15-21-17-24(20-9-5-4-6-10-20)28(26(21)29)22-11-7-8-18(2)14-22/h4-17H,3H2,1-2H3/b21-15+. The zero-order chi connectivity index (χ0) is 21.1. The molecule has 1 aliphatic heterocycles. The third-order valence-corrected chi connectivity index (χ3v) is 5.51. The molecule has 3 nitrogen and oxygen atoms in total. The Morgan fingerprint density at radius 2 is 1.80 bits per heavy atom. The van der Waals surface area contributed by atoms with Crippen molar-refractivity contribution in [2.45, 2.75) is 13.8 Å². The molecule has 0 spiro atoms. The van der Waals surface area contributed by atoms with Crippen molar-refractivity contribution in [2.75, 3.05) is 11.5 Å². The average molecular weight is 460 g/mol. The minimum Gasteiger partial charge on any atom is -0.493 e. The van der Waals surface area contributed by atoms with Crippen LogP contribution in [-0.2, 0) is 4.79 Å². The molecule has 0 unspecified atom stereocenters. The van der Waals surface area contributed by atoms with Gasteiger partial charge in [0.1, 0.15) is 5.75 Å². The molecule has 0 atom stereocenters. The molecule has 0 N–H and O–H groups in total. The Kier molecular flexibility index (Phi) is 5.86. The number of benzene rings is 3. The van der Waals surface area contributed by atoms with Gasteiger partial charge in [-0.15, -0.1) is 0 Å². The first-order chi connectivity index (χ1) is 14.6. The van der Waals surface area contributed by atoms with Gasteiger partial charge in [0.05, 0.1) is 16.8 Å². The number of hydrogen-bond donors (Lipinski definition) is 0. The maximum atomic E-state index is 13.4. The van der Waals surface area contributed by atoms with Crippen molar-refractivity contribution in [1.82, 2.24) is 0 Å². The molecule has 0 fully saturated rings. The van der Waals surface area contributed by atoms with Gasteiger partial charge in [-0.1, -0.05) is 48.5 Å². The van der Waals surface area contributed by atoms with Gasteiger partial charge in [-0.25, -0.2) is 0 Å². The fourth-order valence-corrected chi connectivity index (χ4v) is 4.03. The predicted octanol–water partition coefficient (Wildman–Crippen LogP) is 6.63. The Morgan fingerprint density at radius 3 is 2.50 bits per heavy atom. The van der Waals surface area contributed by atoms with Crippen molar-refractivity contribution >= 4 is 39.3 Å². The first-order valence-corrected chi connectivity index (χ1v) is 10.7. The Labute approximate surface area is 185 Å². The van der Waals surface area contributed by atoms with E-state index in [9.17, 15) is 4.79 Å². The summed E-state index contributed by atoms with van der Waals surface area (Å²) in [5.74, 6) is 0.753. The normalized spacial score (nSPS) is 14.9. The van der Waals surface area contributed by atoms with Crippen molar-refractivity contribution < 1.29 is 9.53 Å². The highest BCUT2D eigenvalue weighted by Gasteiger charge is 2.30. The molecule has 4 heteroatoms. The van der Waals surface area contributed by atoms with E-state index in [2.05, 4.69) is 15.9 Å². The van der Waals surface area contributed by atoms with E-state index >= 15 is 0 Å². The number of anilines is 1. The number of halogens is 1. The number of aryl methyl sites for hydroxylation is 1. The van der Waals surface area contributed by atoms with E-state index in [4.69, 9.17) is 4.74 Å². The molecular formula is C26H22BrNO2. The van der Waals surface area contributed by atoms with Crippen molar-refractivity contribution in [3.8, 4) is 5.75 Å². The third-order valence-electron chi connectivity index (χ3n) is 4.89. The van der Waals surface area contributed by atoms with Crippen molar-refractivity contribution in [2.24, 2.45) is 0 Å². The fourth-order valence-electron chi connectivity index (χ4n) is 3.52. The summed E-state index contributed by atoms with van der Waals surface area (Å²) in [5.41, 5.74) is 5.44. The second-order valence-corrected chi connectivity index (χ2v) is 7.95. The smallest absolute Gasteiger partial charge is 0.262 e. The van der Waals surface area contributed by atoms with Crippen LogP contribution < -0.4 is 9.64 Å². The van der Waals surface area contributed by atoms with Crippen molar-refractivity contribution in [3.05, 3.63) is 106 Å². The lowest BCUT2D eigenvalue weighted by Gasteiger charge is -2.21. The summed E-state index contributed by atoms with van der Waals surface area (Å²) in [5, 5.41) is 0. The summed E-state index contributed by atoms with van der Waals surface area (Å²) in [6.07, 6.45) is 3.88. The van der Waals surface area contributed by atoms with Crippen molar-refractivity contribution in [3.63, 3.8) is 0 Å². The first-order valence-electron chi connectivity index (χ1n) is 9.89. The Bertz CT molecular complexity index is 1150. The van der Waals surface area contributed by atoms with E-state index in [1.807, 2.05) is 98.8 Å². The summed E-state index contributed by atoms with van der Waals surface area (Å²) in [6, 6.07) is 23.9. The molecule has 30 heavy (non-hydrogen) atoms. The van der Waals surface area contributed by atoms with Crippen LogP contribution in [0.1, 0.15) is 23.6 Å². The van der Waals surface area contributed by atoms with Gasteiger partial charge in [-0.05, 0) is 82.9 Å². The van der Waals surface area contributed by atoms with Gasteiger partial charge in [0.2, 0.25) is 0 Å². The van der Waals surface area contributed by atoms with Crippen LogP contribution in [0.2, 0.25) is 0 Å². The molecule has 3 aromatic rings. The van der Waals surface area contributed by atoms with Gasteiger partial charge >= 0.3 is 0 Å². The van der Waals surface area contributed by atoms with E-state index in [-0.39, 0.29) is 5.91 Å². The van der Waals surface area contributed by atoms with Crippen molar-refractivity contribution in [1.29, 1.82) is 0 Å². The van der Waals surface area contributed by atoms with Gasteiger partial charge in [0.25, 0.3) is 5.91 Å². The van der Waals surface area contributed by atoms with Crippen LogP contribution in [0.5, 0.6) is 5.75 Å². The fraction of sp³-hybridized carbons (Fsp3) is 0.115. The summed E-state index contributed by atoms with van der Waals surface area (Å²) in [4.78, 5) is 15.2. The monoisotopic (exact) mass is 459 g/mol. The molecule has 1 heterocycles. The first kappa shape index (κ1) is 20.2. The van der Waals surface area contributed by atoms with E-state index in [1.54, 1.807) is 4.90 Å². The van der Waals surface area contributed by atoms with E-state index in [0.29, 0.717) is 12.2 Å². The molecule has 4 rings (SSSR count). The Hall–Kier alpha value is -3.11. The highest BCUT2D eigenvalue weighted by molar-refractivity contribution is 9.10. The van der Waals surface area contributed by atoms with Gasteiger partial charge in [-0.2, -0.15) is 0 Å². The second kappa shape index (κ2) is 8.72. The van der Waals surface area contributed by atoms with Crippen LogP contribution in [0, 0.1) is 6.92 Å². The molecule has 1 amide bonds. The number of amides is 1. The maximum absolute atomic E-state index is 13.4. The van der Waals surface area contributed by atoms with E-state index < -0.39 is 0 Å². The maximum Gasteiger partial charge on any atom is 0.262 e. The van der Waals surface area contributed by atoms with Gasteiger partial charge in [0.15, 0.2) is 0 Å². The molecule has 150 valence electrons. The Balaban J connectivity index is 1.78. The van der Waals surface area contributed by atoms with Crippen LogP contribution in [0.15, 0.2) is 88.9 Å². The number of ether oxygens (including phenoxy) is 1. The lowest BCUT2D eigenvalue weighted by Crippen LogP contribution is -2.25. The largest absolute Gasteiger partial charge is 0.493 e. The van der Waals surface area contributed by atoms with Crippen LogP contribution in [0.4, 0.5) is 5.69 Å².